The summed E-state index contributed by atoms with van der Waals surface area (Å²) in [6.07, 6.45) is 0. The minimum atomic E-state index is -0.569. The second-order valence-electron chi connectivity index (χ2n) is 4.31. The summed E-state index contributed by atoms with van der Waals surface area (Å²) in [6.45, 7) is 2.08. The summed E-state index contributed by atoms with van der Waals surface area (Å²) >= 11 is 0. The summed E-state index contributed by atoms with van der Waals surface area (Å²) in [5.74, 6) is -0.362. The van der Waals surface area contributed by atoms with Crippen LogP contribution in [0.3, 0.4) is 0 Å². The molecule has 0 aliphatic carbocycles. The molecule has 1 heterocycles. The van der Waals surface area contributed by atoms with Crippen LogP contribution in [0.25, 0.3) is 0 Å². The number of nitrogens with zero attached hydrogens (tertiary/aromatic N) is 1. The van der Waals surface area contributed by atoms with Gasteiger partial charge in [-0.15, -0.1) is 0 Å². The summed E-state index contributed by atoms with van der Waals surface area (Å²) in [4.78, 5) is 11.7. The number of carbonyl (C=O) groups is 1. The van der Waals surface area contributed by atoms with Gasteiger partial charge in [0.1, 0.15) is 6.04 Å². The number of rotatable bonds is 3. The number of esters is 1. The lowest BCUT2D eigenvalue weighted by Gasteiger charge is -2.17. The van der Waals surface area contributed by atoms with Crippen molar-refractivity contribution in [2.75, 3.05) is 6.61 Å². The first kappa shape index (κ1) is 13.5. The molecule has 6 heteroatoms. The highest BCUT2D eigenvalue weighted by Crippen LogP contribution is 2.22. The Kier molecular flexibility index (Phi) is 4.12. The Balaban J connectivity index is 2.10. The molecule has 19 heavy (non-hydrogen) atoms. The van der Waals surface area contributed by atoms with Crippen LogP contribution >= 0.6 is 0 Å². The molecule has 0 amide bonds. The largest absolute Gasteiger partial charge is 0.465 e. The maximum absolute atomic E-state index is 11.7. The number of hydrogen-bond donors (Lipinski definition) is 3. The fraction of sp³-hybridized carbons (Fsp3) is 0.385. The molecule has 1 aliphatic heterocycles. The van der Waals surface area contributed by atoms with Crippen LogP contribution in [-0.2, 0) is 9.53 Å². The van der Waals surface area contributed by atoms with Crippen molar-refractivity contribution in [3.05, 3.63) is 35.4 Å². The molecule has 0 spiro atoms. The van der Waals surface area contributed by atoms with Gasteiger partial charge in [-0.1, -0.05) is 12.1 Å². The summed E-state index contributed by atoms with van der Waals surface area (Å²) in [5.41, 5.74) is 13.4. The van der Waals surface area contributed by atoms with Gasteiger partial charge in [-0.25, -0.2) is 10.9 Å². The van der Waals surface area contributed by atoms with Crippen molar-refractivity contribution in [1.29, 1.82) is 5.26 Å². The van der Waals surface area contributed by atoms with Gasteiger partial charge in [0.25, 0.3) is 0 Å². The monoisotopic (exact) mass is 260 g/mol. The number of hydrazine groups is 1. The number of nitriles is 1. The molecule has 0 bridgehead atoms. The first-order valence-electron chi connectivity index (χ1n) is 6.10. The molecule has 100 valence electrons. The van der Waals surface area contributed by atoms with Gasteiger partial charge < -0.3 is 10.5 Å². The van der Waals surface area contributed by atoms with Crippen LogP contribution in [0.2, 0.25) is 0 Å². The summed E-state index contributed by atoms with van der Waals surface area (Å²) in [7, 11) is 0. The topological polar surface area (TPSA) is 100 Å². The van der Waals surface area contributed by atoms with Gasteiger partial charge in [0.05, 0.1) is 30.3 Å². The summed E-state index contributed by atoms with van der Waals surface area (Å²) in [5, 5.41) is 8.76. The number of benzene rings is 1. The molecule has 2 rings (SSSR count). The third-order valence-corrected chi connectivity index (χ3v) is 3.10. The molecule has 6 nitrogen and oxygen atoms in total. The van der Waals surface area contributed by atoms with E-state index in [4.69, 9.17) is 15.7 Å². The van der Waals surface area contributed by atoms with Crippen LogP contribution in [0.1, 0.15) is 24.1 Å². The fourth-order valence-electron chi connectivity index (χ4n) is 2.08. The highest BCUT2D eigenvalue weighted by Gasteiger charge is 2.39. The maximum Gasteiger partial charge on any atom is 0.326 e. The predicted octanol–water partition coefficient (Wildman–Crippen LogP) is -0.0338. The standard InChI is InChI=1S/C13H16N4O2/c1-2-19-13(18)12-10(15)11(16-17-12)9-5-3-8(7-14)4-6-9/h3-6,10-12,16-17H,2,15H2,1H3. The molecule has 0 saturated carbocycles. The Hall–Kier alpha value is -1.94. The van der Waals surface area contributed by atoms with Gasteiger partial charge in [-0.3, -0.25) is 4.79 Å². The lowest BCUT2D eigenvalue weighted by molar-refractivity contribution is -0.145. The van der Waals surface area contributed by atoms with E-state index >= 15 is 0 Å². The van der Waals surface area contributed by atoms with Crippen molar-refractivity contribution >= 4 is 5.97 Å². The van der Waals surface area contributed by atoms with Crippen LogP contribution in [0.5, 0.6) is 0 Å². The van der Waals surface area contributed by atoms with Crippen molar-refractivity contribution in [3.63, 3.8) is 0 Å². The van der Waals surface area contributed by atoms with Gasteiger partial charge in [-0.05, 0) is 24.6 Å². The van der Waals surface area contributed by atoms with Gasteiger partial charge in [0, 0.05) is 0 Å². The van der Waals surface area contributed by atoms with Crippen LogP contribution in [0, 0.1) is 11.3 Å². The normalized spacial score (nSPS) is 25.8. The smallest absolute Gasteiger partial charge is 0.326 e. The minimum absolute atomic E-state index is 0.192. The van der Waals surface area contributed by atoms with E-state index in [-0.39, 0.29) is 12.0 Å². The Bertz CT molecular complexity index is 494. The maximum atomic E-state index is 11.7. The summed E-state index contributed by atoms with van der Waals surface area (Å²) < 4.78 is 4.95. The van der Waals surface area contributed by atoms with E-state index in [0.29, 0.717) is 12.2 Å². The zero-order valence-corrected chi connectivity index (χ0v) is 10.6. The van der Waals surface area contributed by atoms with Crippen molar-refractivity contribution < 1.29 is 9.53 Å². The molecule has 4 N–H and O–H groups in total. The predicted molar refractivity (Wildman–Crippen MR) is 68.6 cm³/mol. The number of carbonyl (C=O) groups excluding carboxylic acids is 1. The quantitative estimate of drug-likeness (QED) is 0.660. The Morgan fingerprint density at radius 2 is 2.11 bits per heavy atom. The zero-order valence-electron chi connectivity index (χ0n) is 10.6. The van der Waals surface area contributed by atoms with E-state index in [1.165, 1.54) is 0 Å². The average molecular weight is 260 g/mol. The second kappa shape index (κ2) is 5.80. The van der Waals surface area contributed by atoms with Gasteiger partial charge >= 0.3 is 5.97 Å². The molecular formula is C13H16N4O2. The minimum Gasteiger partial charge on any atom is -0.465 e. The molecule has 0 aromatic heterocycles. The summed E-state index contributed by atoms with van der Waals surface area (Å²) in [6, 6.07) is 7.97. The van der Waals surface area contributed by atoms with Crippen LogP contribution in [0.4, 0.5) is 0 Å². The molecule has 1 aromatic rings. The molecule has 3 atom stereocenters. The molecule has 1 aromatic carbocycles. The van der Waals surface area contributed by atoms with Gasteiger partial charge in [-0.2, -0.15) is 5.26 Å². The van der Waals surface area contributed by atoms with Gasteiger partial charge in [0.2, 0.25) is 0 Å². The Morgan fingerprint density at radius 3 is 2.68 bits per heavy atom. The molecule has 3 unspecified atom stereocenters. The fourth-order valence-corrected chi connectivity index (χ4v) is 2.08. The number of ether oxygens (including phenoxy) is 1. The molecule has 0 radical (unpaired) electrons. The first-order valence-corrected chi connectivity index (χ1v) is 6.10. The van der Waals surface area contributed by atoms with E-state index in [2.05, 4.69) is 16.9 Å². The SMILES string of the molecule is CCOC(=O)C1NNC(c2ccc(C#N)cc2)C1N. The lowest BCUT2D eigenvalue weighted by Crippen LogP contribution is -2.45. The Morgan fingerprint density at radius 1 is 1.42 bits per heavy atom. The molecule has 1 aliphatic rings. The van der Waals surface area contributed by atoms with Crippen LogP contribution in [0.15, 0.2) is 24.3 Å². The van der Waals surface area contributed by atoms with E-state index in [1.54, 1.807) is 19.1 Å². The highest BCUT2D eigenvalue weighted by atomic mass is 16.5. The first-order chi connectivity index (χ1) is 9.17. The van der Waals surface area contributed by atoms with E-state index in [9.17, 15) is 4.79 Å². The van der Waals surface area contributed by atoms with Crippen molar-refractivity contribution in [3.8, 4) is 6.07 Å². The van der Waals surface area contributed by atoms with E-state index in [1.807, 2.05) is 12.1 Å². The lowest BCUT2D eigenvalue weighted by atomic mass is 9.96. The van der Waals surface area contributed by atoms with Crippen molar-refractivity contribution in [2.24, 2.45) is 5.73 Å². The Labute approximate surface area is 111 Å². The number of hydrogen-bond acceptors (Lipinski definition) is 6. The van der Waals surface area contributed by atoms with Crippen LogP contribution in [-0.4, -0.2) is 24.7 Å². The average Bonchev–Trinajstić information content (AvgIpc) is 2.81. The van der Waals surface area contributed by atoms with Gasteiger partial charge in [0.15, 0.2) is 0 Å². The van der Waals surface area contributed by atoms with Crippen molar-refractivity contribution in [2.45, 2.75) is 25.0 Å². The highest BCUT2D eigenvalue weighted by molar-refractivity contribution is 5.77. The third kappa shape index (κ3) is 2.74. The molecule has 1 saturated heterocycles. The van der Waals surface area contributed by atoms with E-state index < -0.39 is 12.1 Å². The number of nitrogens with one attached hydrogen (secondary N) is 2. The van der Waals surface area contributed by atoms with Crippen LogP contribution < -0.4 is 16.6 Å². The third-order valence-electron chi connectivity index (χ3n) is 3.10. The van der Waals surface area contributed by atoms with E-state index in [0.717, 1.165) is 5.56 Å². The second-order valence-corrected chi connectivity index (χ2v) is 4.31. The van der Waals surface area contributed by atoms with Crippen molar-refractivity contribution in [1.82, 2.24) is 10.9 Å². The molecule has 1 fully saturated rings. The zero-order chi connectivity index (χ0) is 13.8. The molecular weight excluding hydrogens is 244 g/mol. The number of nitrogens with two attached hydrogens (primary N) is 1.